The fourth-order valence-electron chi connectivity index (χ4n) is 0.957. The molecular weight excluding hydrogens is 180 g/mol. The van der Waals surface area contributed by atoms with Gasteiger partial charge in [0.15, 0.2) is 5.78 Å². The highest BCUT2D eigenvalue weighted by atomic mass is 79.9. The fourth-order valence-corrected chi connectivity index (χ4v) is 1.51. The molecule has 1 aliphatic rings. The van der Waals surface area contributed by atoms with E-state index in [1.807, 2.05) is 6.92 Å². The Bertz CT molecular complexity index is 181. The molecule has 0 aromatic rings. The summed E-state index contributed by atoms with van der Waals surface area (Å²) in [4.78, 5) is 10.9. The second-order valence-electron chi connectivity index (χ2n) is 2.53. The van der Waals surface area contributed by atoms with Gasteiger partial charge in [-0.25, -0.2) is 0 Å². The van der Waals surface area contributed by atoms with E-state index in [-0.39, 0.29) is 5.78 Å². The van der Waals surface area contributed by atoms with E-state index in [0.29, 0.717) is 12.3 Å². The quantitative estimate of drug-likeness (QED) is 0.571. The summed E-state index contributed by atoms with van der Waals surface area (Å²) in [5.41, 5.74) is 1.19. The molecule has 0 saturated carbocycles. The van der Waals surface area contributed by atoms with Crippen LogP contribution in [0.2, 0.25) is 0 Å². The molecule has 0 aliphatic heterocycles. The van der Waals surface area contributed by atoms with Crippen LogP contribution < -0.4 is 0 Å². The molecule has 1 rings (SSSR count). The van der Waals surface area contributed by atoms with Crippen LogP contribution in [-0.4, -0.2) is 5.78 Å². The van der Waals surface area contributed by atoms with Crippen LogP contribution in [0, 0.1) is 5.92 Å². The maximum atomic E-state index is 10.9. The molecule has 0 aromatic carbocycles. The van der Waals surface area contributed by atoms with Crippen molar-refractivity contribution in [2.75, 3.05) is 0 Å². The first-order valence-electron chi connectivity index (χ1n) is 3.02. The molecule has 1 nitrogen and oxygen atoms in total. The van der Waals surface area contributed by atoms with Crippen molar-refractivity contribution in [1.82, 2.24) is 0 Å². The largest absolute Gasteiger partial charge is 0.294 e. The first-order valence-corrected chi connectivity index (χ1v) is 3.81. The van der Waals surface area contributed by atoms with E-state index in [2.05, 4.69) is 22.9 Å². The van der Waals surface area contributed by atoms with Crippen LogP contribution in [0.3, 0.4) is 0 Å². The Balaban J connectivity index is 2.92. The first-order chi connectivity index (χ1) is 4.13. The van der Waals surface area contributed by atoms with Crippen molar-refractivity contribution in [3.8, 4) is 0 Å². The number of carbonyl (C=O) groups is 1. The van der Waals surface area contributed by atoms with Crippen LogP contribution in [0.15, 0.2) is 10.1 Å². The number of halogens is 1. The molecule has 1 unspecified atom stereocenters. The number of carbonyl (C=O) groups excluding carboxylic acids is 1. The van der Waals surface area contributed by atoms with Crippen molar-refractivity contribution >= 4 is 21.7 Å². The number of hydrogen-bond acceptors (Lipinski definition) is 1. The normalized spacial score (nSPS) is 27.9. The number of Topliss-reactive ketones (excluding diaryl/α,β-unsaturated/α-hetero) is 1. The van der Waals surface area contributed by atoms with Crippen molar-refractivity contribution in [1.29, 1.82) is 0 Å². The average molecular weight is 189 g/mol. The van der Waals surface area contributed by atoms with E-state index in [0.717, 1.165) is 4.48 Å². The molecule has 0 aromatic heterocycles. The molecule has 0 radical (unpaired) electrons. The van der Waals surface area contributed by atoms with Gasteiger partial charge in [-0.1, -0.05) is 12.5 Å². The van der Waals surface area contributed by atoms with Crippen molar-refractivity contribution in [3.63, 3.8) is 0 Å². The van der Waals surface area contributed by atoms with Gasteiger partial charge in [-0.2, -0.15) is 0 Å². The predicted octanol–water partition coefficient (Wildman–Crippen LogP) is 2.26. The molecule has 0 bridgehead atoms. The van der Waals surface area contributed by atoms with Crippen LogP contribution in [-0.2, 0) is 4.79 Å². The van der Waals surface area contributed by atoms with E-state index in [4.69, 9.17) is 0 Å². The van der Waals surface area contributed by atoms with E-state index in [1.54, 1.807) is 0 Å². The second kappa shape index (κ2) is 2.25. The third kappa shape index (κ3) is 1.08. The third-order valence-corrected chi connectivity index (χ3v) is 2.89. The first kappa shape index (κ1) is 7.00. The van der Waals surface area contributed by atoms with Crippen LogP contribution in [0.4, 0.5) is 0 Å². The van der Waals surface area contributed by atoms with Gasteiger partial charge in [0.05, 0.1) is 4.48 Å². The lowest BCUT2D eigenvalue weighted by Crippen LogP contribution is -1.92. The van der Waals surface area contributed by atoms with Gasteiger partial charge >= 0.3 is 0 Å². The molecule has 0 amide bonds. The minimum atomic E-state index is 0.250. The number of rotatable bonds is 0. The van der Waals surface area contributed by atoms with Gasteiger partial charge in [0.25, 0.3) is 0 Å². The minimum Gasteiger partial charge on any atom is -0.294 e. The Morgan fingerprint density at radius 3 is 2.33 bits per heavy atom. The third-order valence-electron chi connectivity index (χ3n) is 1.82. The molecule has 9 heavy (non-hydrogen) atoms. The molecule has 50 valence electrons. The second-order valence-corrected chi connectivity index (χ2v) is 3.32. The molecule has 0 N–H and O–H groups in total. The topological polar surface area (TPSA) is 17.1 Å². The molecule has 1 atom stereocenters. The smallest absolute Gasteiger partial charge is 0.170 e. The minimum absolute atomic E-state index is 0.250. The SMILES string of the molecule is CC1=C(Br)C(=O)CC1C. The zero-order valence-electron chi connectivity index (χ0n) is 5.57. The number of hydrogen-bond donors (Lipinski definition) is 0. The van der Waals surface area contributed by atoms with Gasteiger partial charge in [0, 0.05) is 6.42 Å². The molecular formula is C7H9BrO. The number of allylic oxidation sites excluding steroid dienone is 2. The van der Waals surface area contributed by atoms with Gasteiger partial charge in [-0.05, 0) is 28.8 Å². The van der Waals surface area contributed by atoms with E-state index < -0.39 is 0 Å². The summed E-state index contributed by atoms with van der Waals surface area (Å²) in [6.45, 7) is 4.07. The highest BCUT2D eigenvalue weighted by Gasteiger charge is 2.23. The summed E-state index contributed by atoms with van der Waals surface area (Å²) in [5.74, 6) is 0.701. The molecule has 2 heteroatoms. The lowest BCUT2D eigenvalue weighted by molar-refractivity contribution is -0.114. The lowest BCUT2D eigenvalue weighted by atomic mass is 10.1. The Labute approximate surface area is 63.3 Å². The Kier molecular flexibility index (Phi) is 1.75. The molecule has 0 heterocycles. The molecule has 0 fully saturated rings. The van der Waals surface area contributed by atoms with E-state index >= 15 is 0 Å². The summed E-state index contributed by atoms with van der Waals surface area (Å²) in [7, 11) is 0. The van der Waals surface area contributed by atoms with Gasteiger partial charge in [0.1, 0.15) is 0 Å². The highest BCUT2D eigenvalue weighted by molar-refractivity contribution is 9.12. The standard InChI is InChI=1S/C7H9BrO/c1-4-3-6(9)7(8)5(4)2/h4H,3H2,1-2H3. The fraction of sp³-hybridized carbons (Fsp3) is 0.571. The van der Waals surface area contributed by atoms with Gasteiger partial charge < -0.3 is 0 Å². The Hall–Kier alpha value is -0.110. The number of ketones is 1. The molecule has 1 aliphatic carbocycles. The van der Waals surface area contributed by atoms with Gasteiger partial charge in [0.2, 0.25) is 0 Å². The lowest BCUT2D eigenvalue weighted by Gasteiger charge is -1.97. The average Bonchev–Trinajstić information content (AvgIpc) is 1.98. The zero-order valence-corrected chi connectivity index (χ0v) is 7.16. The molecule has 0 spiro atoms. The van der Waals surface area contributed by atoms with Crippen LogP contribution >= 0.6 is 15.9 Å². The summed E-state index contributed by atoms with van der Waals surface area (Å²) < 4.78 is 0.801. The van der Waals surface area contributed by atoms with E-state index in [9.17, 15) is 4.79 Å². The van der Waals surface area contributed by atoms with Crippen molar-refractivity contribution in [2.24, 2.45) is 5.92 Å². The monoisotopic (exact) mass is 188 g/mol. The summed E-state index contributed by atoms with van der Waals surface area (Å²) in [6, 6.07) is 0. The summed E-state index contributed by atoms with van der Waals surface area (Å²) in [6.07, 6.45) is 0.687. The van der Waals surface area contributed by atoms with Crippen LogP contribution in [0.25, 0.3) is 0 Å². The Morgan fingerprint density at radius 2 is 2.22 bits per heavy atom. The van der Waals surface area contributed by atoms with Gasteiger partial charge in [-0.15, -0.1) is 0 Å². The highest BCUT2D eigenvalue weighted by Crippen LogP contribution is 2.31. The maximum Gasteiger partial charge on any atom is 0.170 e. The van der Waals surface area contributed by atoms with Crippen LogP contribution in [0.1, 0.15) is 20.3 Å². The Morgan fingerprint density at radius 1 is 1.67 bits per heavy atom. The van der Waals surface area contributed by atoms with Crippen molar-refractivity contribution < 1.29 is 4.79 Å². The predicted molar refractivity (Wildman–Crippen MR) is 40.4 cm³/mol. The van der Waals surface area contributed by atoms with Crippen molar-refractivity contribution in [3.05, 3.63) is 10.1 Å². The maximum absolute atomic E-state index is 10.9. The summed E-state index contributed by atoms with van der Waals surface area (Å²) in [5, 5.41) is 0. The molecule has 0 saturated heterocycles. The van der Waals surface area contributed by atoms with E-state index in [1.165, 1.54) is 5.57 Å². The van der Waals surface area contributed by atoms with Crippen molar-refractivity contribution in [2.45, 2.75) is 20.3 Å². The zero-order chi connectivity index (χ0) is 7.02. The van der Waals surface area contributed by atoms with Gasteiger partial charge in [-0.3, -0.25) is 4.79 Å². The van der Waals surface area contributed by atoms with Crippen LogP contribution in [0.5, 0.6) is 0 Å². The summed E-state index contributed by atoms with van der Waals surface area (Å²) >= 11 is 3.24.